The average molecular weight is 261 g/mol. The number of hydrogen-bond donors (Lipinski definition) is 2. The minimum absolute atomic E-state index is 0.134. The first-order valence-electron chi connectivity index (χ1n) is 6.26. The fraction of sp³-hybridized carbons (Fsp3) is 0.357. The van der Waals surface area contributed by atoms with Crippen LogP contribution in [0.4, 0.5) is 5.69 Å². The molecule has 102 valence electrons. The predicted molar refractivity (Wildman–Crippen MR) is 74.6 cm³/mol. The first kappa shape index (κ1) is 13.3. The fourth-order valence-corrected chi connectivity index (χ4v) is 2.03. The lowest BCUT2D eigenvalue weighted by molar-refractivity contribution is 0.373. The summed E-state index contributed by atoms with van der Waals surface area (Å²) >= 11 is 0. The standard InChI is InChI=1S/C14H19N3O2/c1-4-12-10(9-17(2)16-12)8-15-11-5-6-14(19-3)13(18)7-11/h5-7,9,15,18H,4,8H2,1-3H3. The van der Waals surface area contributed by atoms with Crippen LogP contribution in [0.15, 0.2) is 24.4 Å². The van der Waals surface area contributed by atoms with Gasteiger partial charge in [0, 0.05) is 37.1 Å². The third kappa shape index (κ3) is 2.99. The molecule has 0 saturated carbocycles. The van der Waals surface area contributed by atoms with Gasteiger partial charge >= 0.3 is 0 Å². The topological polar surface area (TPSA) is 59.3 Å². The number of nitrogens with zero attached hydrogens (tertiary/aromatic N) is 2. The number of benzene rings is 1. The molecule has 1 heterocycles. The number of hydrogen-bond acceptors (Lipinski definition) is 4. The number of methoxy groups -OCH3 is 1. The minimum Gasteiger partial charge on any atom is -0.504 e. The van der Waals surface area contributed by atoms with Gasteiger partial charge < -0.3 is 15.2 Å². The van der Waals surface area contributed by atoms with E-state index in [0.29, 0.717) is 12.3 Å². The number of aryl methyl sites for hydroxylation is 2. The Balaban J connectivity index is 2.07. The van der Waals surface area contributed by atoms with Gasteiger partial charge in [0.25, 0.3) is 0 Å². The number of aromatic hydroxyl groups is 1. The number of phenolic OH excluding ortho intramolecular Hbond substituents is 1. The monoisotopic (exact) mass is 261 g/mol. The highest BCUT2D eigenvalue weighted by Crippen LogP contribution is 2.28. The van der Waals surface area contributed by atoms with Gasteiger partial charge in [-0.2, -0.15) is 5.10 Å². The molecule has 5 nitrogen and oxygen atoms in total. The van der Waals surface area contributed by atoms with Crippen LogP contribution in [0.25, 0.3) is 0 Å². The normalized spacial score (nSPS) is 10.5. The Labute approximate surface area is 112 Å². The van der Waals surface area contributed by atoms with E-state index in [0.717, 1.165) is 17.8 Å². The van der Waals surface area contributed by atoms with Crippen LogP contribution in [0.2, 0.25) is 0 Å². The van der Waals surface area contributed by atoms with Gasteiger partial charge in [-0.05, 0) is 18.6 Å². The van der Waals surface area contributed by atoms with Crippen molar-refractivity contribution in [2.75, 3.05) is 12.4 Å². The van der Waals surface area contributed by atoms with Crippen LogP contribution in [0.3, 0.4) is 0 Å². The molecule has 0 saturated heterocycles. The van der Waals surface area contributed by atoms with Crippen molar-refractivity contribution in [3.8, 4) is 11.5 Å². The first-order chi connectivity index (χ1) is 9.13. The zero-order chi connectivity index (χ0) is 13.8. The molecule has 0 radical (unpaired) electrons. The van der Waals surface area contributed by atoms with Crippen LogP contribution in [-0.4, -0.2) is 22.0 Å². The molecule has 0 atom stereocenters. The highest BCUT2D eigenvalue weighted by atomic mass is 16.5. The number of anilines is 1. The maximum atomic E-state index is 9.71. The quantitative estimate of drug-likeness (QED) is 0.867. The highest BCUT2D eigenvalue weighted by molar-refractivity contribution is 5.54. The second kappa shape index (κ2) is 5.65. The lowest BCUT2D eigenvalue weighted by Gasteiger charge is -2.08. The minimum atomic E-state index is 0.134. The summed E-state index contributed by atoms with van der Waals surface area (Å²) in [5.41, 5.74) is 3.11. The van der Waals surface area contributed by atoms with Gasteiger partial charge in [-0.3, -0.25) is 4.68 Å². The third-order valence-corrected chi connectivity index (χ3v) is 2.99. The summed E-state index contributed by atoms with van der Waals surface area (Å²) < 4.78 is 6.83. The Morgan fingerprint density at radius 3 is 2.84 bits per heavy atom. The molecule has 0 fully saturated rings. The summed E-state index contributed by atoms with van der Waals surface area (Å²) in [6.45, 7) is 2.77. The Hall–Kier alpha value is -2.17. The second-order valence-corrected chi connectivity index (χ2v) is 4.37. The molecule has 5 heteroatoms. The second-order valence-electron chi connectivity index (χ2n) is 4.37. The van der Waals surface area contributed by atoms with Crippen LogP contribution in [0.5, 0.6) is 11.5 Å². The van der Waals surface area contributed by atoms with E-state index in [1.165, 1.54) is 12.7 Å². The molecule has 0 aliphatic carbocycles. The number of rotatable bonds is 5. The third-order valence-electron chi connectivity index (χ3n) is 2.99. The van der Waals surface area contributed by atoms with Crippen LogP contribution in [0, 0.1) is 0 Å². The van der Waals surface area contributed by atoms with E-state index < -0.39 is 0 Å². The van der Waals surface area contributed by atoms with E-state index in [4.69, 9.17) is 4.74 Å². The Morgan fingerprint density at radius 1 is 1.42 bits per heavy atom. The lowest BCUT2D eigenvalue weighted by atomic mass is 10.2. The van der Waals surface area contributed by atoms with Gasteiger partial charge in [0.2, 0.25) is 0 Å². The van der Waals surface area contributed by atoms with E-state index >= 15 is 0 Å². The zero-order valence-electron chi connectivity index (χ0n) is 11.5. The molecule has 2 N–H and O–H groups in total. The number of aromatic nitrogens is 2. The maximum Gasteiger partial charge on any atom is 0.160 e. The molecule has 0 bridgehead atoms. The van der Waals surface area contributed by atoms with E-state index in [9.17, 15) is 5.11 Å². The lowest BCUT2D eigenvalue weighted by Crippen LogP contribution is -2.01. The van der Waals surface area contributed by atoms with E-state index in [1.54, 1.807) is 12.1 Å². The first-order valence-corrected chi connectivity index (χ1v) is 6.26. The number of phenols is 1. The molecule has 2 aromatic rings. The Kier molecular flexibility index (Phi) is 3.94. The molecule has 1 aromatic carbocycles. The number of ether oxygens (including phenoxy) is 1. The maximum absolute atomic E-state index is 9.71. The van der Waals surface area contributed by atoms with Crippen molar-refractivity contribution in [2.24, 2.45) is 7.05 Å². The van der Waals surface area contributed by atoms with Gasteiger partial charge in [-0.15, -0.1) is 0 Å². The summed E-state index contributed by atoms with van der Waals surface area (Å²) in [6.07, 6.45) is 2.92. The molecule has 0 amide bonds. The summed E-state index contributed by atoms with van der Waals surface area (Å²) in [7, 11) is 3.45. The molecular weight excluding hydrogens is 242 g/mol. The molecule has 0 unspecified atom stereocenters. The van der Waals surface area contributed by atoms with Gasteiger partial charge in [-0.1, -0.05) is 6.92 Å². The largest absolute Gasteiger partial charge is 0.504 e. The van der Waals surface area contributed by atoms with Crippen LogP contribution in [-0.2, 0) is 20.0 Å². The van der Waals surface area contributed by atoms with Crippen molar-refractivity contribution in [3.05, 3.63) is 35.7 Å². The molecule has 0 aliphatic heterocycles. The zero-order valence-corrected chi connectivity index (χ0v) is 11.5. The van der Waals surface area contributed by atoms with Gasteiger partial charge in [-0.25, -0.2) is 0 Å². The fourth-order valence-electron chi connectivity index (χ4n) is 2.03. The van der Waals surface area contributed by atoms with Crippen molar-refractivity contribution in [1.29, 1.82) is 0 Å². The van der Waals surface area contributed by atoms with E-state index in [-0.39, 0.29) is 5.75 Å². The predicted octanol–water partition coefficient (Wildman–Crippen LogP) is 2.31. The summed E-state index contributed by atoms with van der Waals surface area (Å²) in [6, 6.07) is 5.27. The van der Waals surface area contributed by atoms with Gasteiger partial charge in [0.1, 0.15) is 0 Å². The average Bonchev–Trinajstić information content (AvgIpc) is 2.77. The molecule has 0 aliphatic rings. The molecule has 19 heavy (non-hydrogen) atoms. The Bertz CT molecular complexity index is 564. The van der Waals surface area contributed by atoms with Crippen LogP contribution >= 0.6 is 0 Å². The van der Waals surface area contributed by atoms with Crippen molar-refractivity contribution >= 4 is 5.69 Å². The van der Waals surface area contributed by atoms with Gasteiger partial charge in [0.15, 0.2) is 11.5 Å². The molecule has 0 spiro atoms. The Morgan fingerprint density at radius 2 is 2.21 bits per heavy atom. The van der Waals surface area contributed by atoms with Crippen molar-refractivity contribution in [2.45, 2.75) is 19.9 Å². The number of nitrogens with one attached hydrogen (secondary N) is 1. The van der Waals surface area contributed by atoms with E-state index in [2.05, 4.69) is 17.3 Å². The van der Waals surface area contributed by atoms with Gasteiger partial charge in [0.05, 0.1) is 12.8 Å². The smallest absolute Gasteiger partial charge is 0.160 e. The summed E-state index contributed by atoms with van der Waals surface area (Å²) in [5.74, 6) is 0.607. The van der Waals surface area contributed by atoms with E-state index in [1.807, 2.05) is 24.0 Å². The SMILES string of the molecule is CCc1nn(C)cc1CNc1ccc(OC)c(O)c1. The molecule has 1 aromatic heterocycles. The van der Waals surface area contributed by atoms with Crippen molar-refractivity contribution in [1.82, 2.24) is 9.78 Å². The molecular formula is C14H19N3O2. The van der Waals surface area contributed by atoms with Crippen molar-refractivity contribution < 1.29 is 9.84 Å². The van der Waals surface area contributed by atoms with Crippen LogP contribution in [0.1, 0.15) is 18.2 Å². The summed E-state index contributed by atoms with van der Waals surface area (Å²) in [4.78, 5) is 0. The molecule has 2 rings (SSSR count). The van der Waals surface area contributed by atoms with Crippen LogP contribution < -0.4 is 10.1 Å². The highest BCUT2D eigenvalue weighted by Gasteiger charge is 2.06. The summed E-state index contributed by atoms with van der Waals surface area (Å²) in [5, 5.41) is 17.4. The van der Waals surface area contributed by atoms with Crippen molar-refractivity contribution in [3.63, 3.8) is 0 Å².